The number of hydrogen-bond acceptors (Lipinski definition) is 12. The molecule has 7 atom stereocenters. The predicted octanol–water partition coefficient (Wildman–Crippen LogP) is 8.77. The second-order valence-electron chi connectivity index (χ2n) is 20.2. The highest BCUT2D eigenvalue weighted by Crippen LogP contribution is 2.48. The molecule has 4 N–H and O–H groups in total. The van der Waals surface area contributed by atoms with E-state index in [1.165, 1.54) is 24.0 Å². The molecule has 4 amide bonds. The maximum Gasteiger partial charge on any atom is 0.407 e. The number of alkyl carbamates (subject to hydrolysis) is 2. The molecule has 7 aromatic rings. The number of rotatable bonds is 11. The zero-order valence-electron chi connectivity index (χ0n) is 41.8. The van der Waals surface area contributed by atoms with Gasteiger partial charge in [0, 0.05) is 66.0 Å². The molecule has 0 saturated carbocycles. The summed E-state index contributed by atoms with van der Waals surface area (Å²) >= 11 is 1.66. The van der Waals surface area contributed by atoms with Gasteiger partial charge in [-0.2, -0.15) is 0 Å². The highest BCUT2D eigenvalue weighted by atomic mass is 32.1. The Balaban J connectivity index is 0.847. The molecule has 21 heteroatoms. The van der Waals surface area contributed by atoms with Gasteiger partial charge in [-0.05, 0) is 85.4 Å². The van der Waals surface area contributed by atoms with Crippen molar-refractivity contribution in [1.29, 1.82) is 0 Å². The number of likely N-dealkylation sites (tertiary alicyclic amines) is 2. The number of alkyl halides is 2. The molecule has 0 spiro atoms. The summed E-state index contributed by atoms with van der Waals surface area (Å²) in [5.74, 6) is 0.348. The Labute approximate surface area is 439 Å². The molecule has 0 bridgehead atoms. The number of ether oxygens (including phenoxy) is 5. The minimum Gasteiger partial charge on any atom is -0.464 e. The number of amides is 4. The second kappa shape index (κ2) is 20.6. The predicted molar refractivity (Wildman–Crippen MR) is 277 cm³/mol. The van der Waals surface area contributed by atoms with Gasteiger partial charge in [0.15, 0.2) is 0 Å². The first kappa shape index (κ1) is 49.5. The van der Waals surface area contributed by atoms with E-state index in [9.17, 15) is 19.2 Å². The Kier molecular flexibility index (Phi) is 13.4. The van der Waals surface area contributed by atoms with Crippen molar-refractivity contribution in [2.75, 3.05) is 53.7 Å². The van der Waals surface area contributed by atoms with Gasteiger partial charge in [0.25, 0.3) is 0 Å². The molecule has 18 nitrogen and oxygen atoms in total. The highest BCUT2D eigenvalue weighted by Gasteiger charge is 2.45. The van der Waals surface area contributed by atoms with Crippen molar-refractivity contribution in [2.45, 2.75) is 81.3 Å². The minimum absolute atomic E-state index is 0.0459. The summed E-state index contributed by atoms with van der Waals surface area (Å²) in [5.41, 5.74) is 5.67. The molecule has 9 heterocycles. The molecule has 12 rings (SSSR count). The van der Waals surface area contributed by atoms with E-state index in [1.54, 1.807) is 23.7 Å². The van der Waals surface area contributed by atoms with Gasteiger partial charge in [0.05, 0.1) is 79.3 Å². The van der Waals surface area contributed by atoms with Gasteiger partial charge in [0.1, 0.15) is 41.8 Å². The normalized spacial score (nSPS) is 22.7. The summed E-state index contributed by atoms with van der Waals surface area (Å²) in [6.07, 6.45) is 1.18. The van der Waals surface area contributed by atoms with E-state index < -0.39 is 54.9 Å². The van der Waals surface area contributed by atoms with Crippen LogP contribution >= 0.6 is 11.3 Å². The summed E-state index contributed by atoms with van der Waals surface area (Å²) < 4.78 is 61.9. The molecule has 4 aromatic heterocycles. The number of nitrogens with one attached hydrogen (secondary N) is 4. The van der Waals surface area contributed by atoms with Crippen LogP contribution in [-0.4, -0.2) is 136 Å². The Bertz CT molecular complexity index is 3290. The van der Waals surface area contributed by atoms with Crippen LogP contribution in [0.4, 0.5) is 18.4 Å². The number of carbonyl (C=O) groups excluding carboxylic acids is 4. The minimum atomic E-state index is -1.29. The SMILES string of the molecule is COC(=O)N[C@H](C(=O)N1C[C@H](F)C[C@H]1c1ncc(-c2ccc3c(c2)OC(c2cc4ccccc4s2)n2c-3cc3cc(-c4cnc([C@@H]5C[C@@H](F)CN5C(=O)[C@@H](NC(=O)OC)C5CCOCC5)[nH]4)ccc32)[nH]1)C1CCOCC1. The van der Waals surface area contributed by atoms with Gasteiger partial charge in [-0.3, -0.25) is 14.2 Å². The number of aromatic amines is 2. The van der Waals surface area contributed by atoms with E-state index in [4.69, 9.17) is 33.7 Å². The zero-order valence-corrected chi connectivity index (χ0v) is 42.7. The first-order valence-electron chi connectivity index (χ1n) is 25.8. The summed E-state index contributed by atoms with van der Waals surface area (Å²) in [6.45, 7) is 1.56. The van der Waals surface area contributed by atoms with Crippen LogP contribution in [-0.2, 0) is 28.5 Å². The maximum atomic E-state index is 15.4. The number of benzene rings is 3. The van der Waals surface area contributed by atoms with Crippen molar-refractivity contribution in [2.24, 2.45) is 11.8 Å². The zero-order chi connectivity index (χ0) is 52.2. The Morgan fingerprint density at radius 2 is 1.25 bits per heavy atom. The van der Waals surface area contributed by atoms with Crippen molar-refractivity contribution in [3.05, 3.63) is 102 Å². The molecule has 4 saturated heterocycles. The molecular weight excluding hydrogens is 1000 g/mol. The van der Waals surface area contributed by atoms with Crippen LogP contribution in [0.3, 0.4) is 0 Å². The number of nitrogens with zero attached hydrogens (tertiary/aromatic N) is 5. The van der Waals surface area contributed by atoms with Gasteiger partial charge in [-0.15, -0.1) is 11.3 Å². The number of H-pyrrole nitrogens is 2. The third-order valence-corrected chi connectivity index (χ3v) is 16.8. The van der Waals surface area contributed by atoms with Gasteiger partial charge in [0.2, 0.25) is 18.0 Å². The van der Waals surface area contributed by atoms with Crippen molar-refractivity contribution in [3.8, 4) is 39.5 Å². The number of imidazole rings is 2. The third-order valence-electron chi connectivity index (χ3n) is 15.7. The summed E-state index contributed by atoms with van der Waals surface area (Å²) in [4.78, 5) is 73.6. The standard InChI is InChI=1S/C55H57F2N9O9S/c1-71-54(69)62-47(29-11-15-73-16-12-29)51(67)64-27-35(56)23-42(64)49-58-25-38(60-49)31-8-10-40-34(19-31)20-41-37-9-7-32(21-44(37)75-53(66(40)41)46-22-33-5-3-4-6-45(33)76-46)39-26-59-50(61-39)43-24-36(57)28-65(43)52(68)48(63-55(70)72-2)30-13-17-74-18-14-30/h3-10,19-22,25-26,29-30,35-36,42-43,47-48,53H,11-18,23-24,27-28H2,1-2H3,(H,58,60)(H,59,61)(H,62,69)(H,63,70)/t35-,36-,42+,43+,47+,48+,53?/m1/s1. The van der Waals surface area contributed by atoms with Crippen LogP contribution in [0.5, 0.6) is 5.75 Å². The number of halogens is 2. The largest absolute Gasteiger partial charge is 0.464 e. The van der Waals surface area contributed by atoms with Gasteiger partial charge >= 0.3 is 12.2 Å². The van der Waals surface area contributed by atoms with Crippen LogP contribution in [0.15, 0.2) is 85.2 Å². The quantitative estimate of drug-likeness (QED) is 0.0963. The average molecular weight is 1060 g/mol. The molecule has 4 fully saturated rings. The molecule has 0 radical (unpaired) electrons. The fraction of sp³-hybridized carbons (Fsp3) is 0.418. The van der Waals surface area contributed by atoms with Crippen LogP contribution in [0.25, 0.3) is 54.8 Å². The number of thiophene rings is 1. The Morgan fingerprint density at radius 1 is 0.697 bits per heavy atom. The number of methoxy groups -OCH3 is 2. The van der Waals surface area contributed by atoms with Crippen LogP contribution in [0.2, 0.25) is 0 Å². The second-order valence-corrected chi connectivity index (χ2v) is 21.3. The average Bonchev–Trinajstić information content (AvgIpc) is 4.45. The van der Waals surface area contributed by atoms with Crippen LogP contribution in [0, 0.1) is 11.8 Å². The Hall–Kier alpha value is -7.36. The summed E-state index contributed by atoms with van der Waals surface area (Å²) in [7, 11) is 2.49. The number of hydrogen-bond donors (Lipinski definition) is 4. The van der Waals surface area contributed by atoms with Gasteiger partial charge < -0.3 is 54.1 Å². The molecule has 396 valence electrons. The lowest BCUT2D eigenvalue weighted by Crippen LogP contribution is -2.53. The smallest absolute Gasteiger partial charge is 0.407 e. The van der Waals surface area contributed by atoms with Gasteiger partial charge in [-0.25, -0.2) is 28.3 Å². The number of fused-ring (bicyclic) bond motifs is 6. The van der Waals surface area contributed by atoms with Crippen molar-refractivity contribution in [1.82, 2.24) is 44.9 Å². The van der Waals surface area contributed by atoms with Crippen molar-refractivity contribution < 1.29 is 51.6 Å². The monoisotopic (exact) mass is 1060 g/mol. The van der Waals surface area contributed by atoms with E-state index >= 15 is 8.78 Å². The lowest BCUT2D eigenvalue weighted by molar-refractivity contribution is -0.137. The molecule has 5 aliphatic heterocycles. The molecule has 76 heavy (non-hydrogen) atoms. The van der Waals surface area contributed by atoms with Crippen LogP contribution in [0.1, 0.15) is 73.4 Å². The third kappa shape index (κ3) is 9.31. The molecule has 3 aromatic carbocycles. The van der Waals surface area contributed by atoms with E-state index in [2.05, 4.69) is 61.6 Å². The van der Waals surface area contributed by atoms with E-state index in [0.29, 0.717) is 80.9 Å². The van der Waals surface area contributed by atoms with E-state index in [1.807, 2.05) is 36.4 Å². The van der Waals surface area contributed by atoms with E-state index in [-0.39, 0.29) is 49.6 Å². The first-order chi connectivity index (χ1) is 37.0. The van der Waals surface area contributed by atoms with E-state index in [0.717, 1.165) is 48.3 Å². The topological polar surface area (TPSA) is 207 Å². The lowest BCUT2D eigenvalue weighted by atomic mass is 9.90. The number of aromatic nitrogens is 5. The lowest BCUT2D eigenvalue weighted by Gasteiger charge is -2.34. The molecular formula is C55H57F2N9O9S. The van der Waals surface area contributed by atoms with Crippen molar-refractivity contribution in [3.63, 3.8) is 0 Å². The fourth-order valence-corrected chi connectivity index (χ4v) is 12.9. The van der Waals surface area contributed by atoms with Crippen LogP contribution < -0.4 is 15.4 Å². The summed E-state index contributed by atoms with van der Waals surface area (Å²) in [6, 6.07) is 21.4. The Morgan fingerprint density at radius 3 is 1.82 bits per heavy atom. The maximum absolute atomic E-state index is 15.4. The van der Waals surface area contributed by atoms with Crippen molar-refractivity contribution >= 4 is 56.3 Å². The highest BCUT2D eigenvalue weighted by molar-refractivity contribution is 7.19. The van der Waals surface area contributed by atoms with Gasteiger partial charge in [-0.1, -0.05) is 30.3 Å². The summed E-state index contributed by atoms with van der Waals surface area (Å²) in [5, 5.41) is 7.49. The number of carbonyl (C=O) groups is 4. The molecule has 1 unspecified atom stereocenters. The first-order valence-corrected chi connectivity index (χ1v) is 26.6. The molecule has 5 aliphatic rings. The molecule has 0 aliphatic carbocycles. The fourth-order valence-electron chi connectivity index (χ4n) is 11.8.